The number of aromatic nitrogens is 1. The van der Waals surface area contributed by atoms with Crippen molar-refractivity contribution in [3.63, 3.8) is 0 Å². The summed E-state index contributed by atoms with van der Waals surface area (Å²) >= 11 is 0. The number of pyridine rings is 1. The fraction of sp³-hybridized carbons (Fsp3) is 0.300. The van der Waals surface area contributed by atoms with E-state index in [1.54, 1.807) is 6.07 Å². The molecule has 1 heterocycles. The summed E-state index contributed by atoms with van der Waals surface area (Å²) in [5.74, 6) is -0.515. The second kappa shape index (κ2) is 5.09. The lowest BCUT2D eigenvalue weighted by molar-refractivity contribution is -0.142. The molecule has 0 bridgehead atoms. The lowest BCUT2D eigenvalue weighted by Gasteiger charge is -2.07. The summed E-state index contributed by atoms with van der Waals surface area (Å²) in [7, 11) is 0. The van der Waals surface area contributed by atoms with Gasteiger partial charge in [-0.1, -0.05) is 0 Å². The van der Waals surface area contributed by atoms with Crippen molar-refractivity contribution < 1.29 is 19.1 Å². The normalized spacial score (nSPS) is 9.47. The Kier molecular flexibility index (Phi) is 3.79. The first-order valence-corrected chi connectivity index (χ1v) is 4.34. The Morgan fingerprint density at radius 1 is 1.33 bits per heavy atom. The lowest BCUT2D eigenvalue weighted by Crippen LogP contribution is -2.06. The van der Waals surface area contributed by atoms with Crippen LogP contribution in [-0.2, 0) is 20.9 Å². The van der Waals surface area contributed by atoms with Crippen LogP contribution in [0.25, 0.3) is 0 Å². The summed E-state index contributed by atoms with van der Waals surface area (Å²) < 4.78 is 9.68. The van der Waals surface area contributed by atoms with Crippen LogP contribution < -0.4 is 4.74 Å². The quantitative estimate of drug-likeness (QED) is 0.696. The fourth-order valence-electron chi connectivity index (χ4n) is 0.954. The van der Waals surface area contributed by atoms with E-state index in [4.69, 9.17) is 9.47 Å². The van der Waals surface area contributed by atoms with Crippen molar-refractivity contribution in [1.82, 2.24) is 4.98 Å². The van der Waals surface area contributed by atoms with Crippen LogP contribution >= 0.6 is 0 Å². The van der Waals surface area contributed by atoms with Gasteiger partial charge in [-0.05, 0) is 6.07 Å². The first-order chi connectivity index (χ1) is 7.09. The van der Waals surface area contributed by atoms with Crippen LogP contribution in [0.15, 0.2) is 18.5 Å². The summed E-state index contributed by atoms with van der Waals surface area (Å²) in [6.45, 7) is 2.68. The van der Waals surface area contributed by atoms with E-state index >= 15 is 0 Å². The molecule has 1 aromatic rings. The van der Waals surface area contributed by atoms with Crippen LogP contribution in [0.2, 0.25) is 0 Å². The zero-order chi connectivity index (χ0) is 11.3. The highest BCUT2D eigenvalue weighted by molar-refractivity contribution is 5.69. The Labute approximate surface area is 87.0 Å². The Morgan fingerprint density at radius 3 is 2.67 bits per heavy atom. The van der Waals surface area contributed by atoms with Gasteiger partial charge in [-0.3, -0.25) is 14.6 Å². The molecule has 0 amide bonds. The van der Waals surface area contributed by atoms with Crippen molar-refractivity contribution in [3.8, 4) is 5.75 Å². The highest BCUT2D eigenvalue weighted by Crippen LogP contribution is 2.17. The van der Waals surface area contributed by atoms with Gasteiger partial charge in [0, 0.05) is 25.6 Å². The number of nitrogens with zero attached hydrogens (tertiary/aromatic N) is 1. The van der Waals surface area contributed by atoms with E-state index < -0.39 is 5.97 Å². The van der Waals surface area contributed by atoms with Crippen molar-refractivity contribution in [2.45, 2.75) is 20.5 Å². The Bertz CT molecular complexity index is 375. The molecule has 0 radical (unpaired) electrons. The predicted octanol–water partition coefficient (Wildman–Crippen LogP) is 1.07. The number of ether oxygens (including phenoxy) is 2. The van der Waals surface area contributed by atoms with Crippen molar-refractivity contribution in [3.05, 3.63) is 24.0 Å². The molecular formula is C10H11NO4. The zero-order valence-corrected chi connectivity index (χ0v) is 8.52. The summed E-state index contributed by atoms with van der Waals surface area (Å²) in [6, 6.07) is 1.63. The van der Waals surface area contributed by atoms with Crippen LogP contribution in [0.1, 0.15) is 19.4 Å². The maximum atomic E-state index is 10.7. The maximum Gasteiger partial charge on any atom is 0.308 e. The van der Waals surface area contributed by atoms with E-state index in [1.807, 2.05) is 0 Å². The van der Waals surface area contributed by atoms with Gasteiger partial charge in [0.15, 0.2) is 5.75 Å². The molecule has 0 saturated carbocycles. The highest BCUT2D eigenvalue weighted by atomic mass is 16.5. The molecule has 0 atom stereocenters. The van der Waals surface area contributed by atoms with Crippen LogP contribution in [0.3, 0.4) is 0 Å². The first kappa shape index (κ1) is 11.2. The number of esters is 2. The summed E-state index contributed by atoms with van der Waals surface area (Å²) in [5.41, 5.74) is 0.607. The molecule has 1 aromatic heterocycles. The van der Waals surface area contributed by atoms with E-state index in [0.29, 0.717) is 11.3 Å². The molecule has 0 aromatic carbocycles. The molecule has 15 heavy (non-hydrogen) atoms. The topological polar surface area (TPSA) is 65.5 Å². The van der Waals surface area contributed by atoms with E-state index in [-0.39, 0.29) is 12.6 Å². The Balaban J connectivity index is 2.76. The monoisotopic (exact) mass is 209 g/mol. The van der Waals surface area contributed by atoms with Gasteiger partial charge in [-0.2, -0.15) is 0 Å². The molecular weight excluding hydrogens is 198 g/mol. The third-order valence-corrected chi connectivity index (χ3v) is 1.55. The minimum Gasteiger partial charge on any atom is -0.461 e. The number of rotatable bonds is 3. The maximum absolute atomic E-state index is 10.7. The van der Waals surface area contributed by atoms with Crippen LogP contribution in [0.4, 0.5) is 0 Å². The average molecular weight is 209 g/mol. The molecule has 0 fully saturated rings. The van der Waals surface area contributed by atoms with E-state index in [1.165, 1.54) is 26.2 Å². The molecule has 0 N–H and O–H groups in total. The van der Waals surface area contributed by atoms with Crippen LogP contribution in [0, 0.1) is 0 Å². The van der Waals surface area contributed by atoms with Crippen molar-refractivity contribution in [2.75, 3.05) is 0 Å². The van der Waals surface area contributed by atoms with E-state index in [2.05, 4.69) is 4.98 Å². The lowest BCUT2D eigenvalue weighted by atomic mass is 10.2. The fourth-order valence-corrected chi connectivity index (χ4v) is 0.954. The molecule has 0 aliphatic rings. The first-order valence-electron chi connectivity index (χ1n) is 4.34. The van der Waals surface area contributed by atoms with Crippen LogP contribution in [-0.4, -0.2) is 16.9 Å². The minimum atomic E-state index is -0.438. The Morgan fingerprint density at radius 2 is 2.07 bits per heavy atom. The highest BCUT2D eigenvalue weighted by Gasteiger charge is 2.07. The van der Waals surface area contributed by atoms with Crippen LogP contribution in [0.5, 0.6) is 5.75 Å². The molecule has 0 aliphatic carbocycles. The number of carbonyl (C=O) groups excluding carboxylic acids is 2. The molecule has 80 valence electrons. The standard InChI is InChI=1S/C10H11NO4/c1-7(12)14-6-9-3-4-11-5-10(9)15-8(2)13/h3-5H,6H2,1-2H3. The third-order valence-electron chi connectivity index (χ3n) is 1.55. The molecule has 0 spiro atoms. The SMILES string of the molecule is CC(=O)OCc1ccncc1OC(C)=O. The van der Waals surface area contributed by atoms with Gasteiger partial charge in [-0.15, -0.1) is 0 Å². The van der Waals surface area contributed by atoms with Gasteiger partial charge in [0.1, 0.15) is 6.61 Å². The van der Waals surface area contributed by atoms with Crippen molar-refractivity contribution >= 4 is 11.9 Å². The Hall–Kier alpha value is -1.91. The van der Waals surface area contributed by atoms with Crippen molar-refractivity contribution in [2.24, 2.45) is 0 Å². The number of hydrogen-bond donors (Lipinski definition) is 0. The molecule has 0 unspecified atom stereocenters. The van der Waals surface area contributed by atoms with Gasteiger partial charge >= 0.3 is 11.9 Å². The molecule has 1 rings (SSSR count). The van der Waals surface area contributed by atoms with Gasteiger partial charge in [0.2, 0.25) is 0 Å². The summed E-state index contributed by atoms with van der Waals surface area (Å²) in [4.78, 5) is 25.2. The largest absolute Gasteiger partial charge is 0.461 e. The zero-order valence-electron chi connectivity index (χ0n) is 8.52. The molecule has 5 heteroatoms. The number of carbonyl (C=O) groups is 2. The van der Waals surface area contributed by atoms with Crippen molar-refractivity contribution in [1.29, 1.82) is 0 Å². The molecule has 5 nitrogen and oxygen atoms in total. The molecule has 0 aliphatic heterocycles. The third kappa shape index (κ3) is 3.76. The smallest absolute Gasteiger partial charge is 0.308 e. The van der Waals surface area contributed by atoms with E-state index in [9.17, 15) is 9.59 Å². The van der Waals surface area contributed by atoms with Gasteiger partial charge < -0.3 is 9.47 Å². The molecule has 0 saturated heterocycles. The van der Waals surface area contributed by atoms with Gasteiger partial charge in [0.25, 0.3) is 0 Å². The summed E-state index contributed by atoms with van der Waals surface area (Å²) in [6.07, 6.45) is 2.94. The number of hydrogen-bond acceptors (Lipinski definition) is 5. The van der Waals surface area contributed by atoms with E-state index in [0.717, 1.165) is 0 Å². The van der Waals surface area contributed by atoms with Gasteiger partial charge in [0.05, 0.1) is 6.20 Å². The average Bonchev–Trinajstić information content (AvgIpc) is 2.15. The second-order valence-corrected chi connectivity index (χ2v) is 2.86. The van der Waals surface area contributed by atoms with Gasteiger partial charge in [-0.25, -0.2) is 0 Å². The summed E-state index contributed by atoms with van der Waals surface area (Å²) in [5, 5.41) is 0. The minimum absolute atomic E-state index is 0.0699. The predicted molar refractivity (Wildman–Crippen MR) is 51.0 cm³/mol. The second-order valence-electron chi connectivity index (χ2n) is 2.86.